The normalized spacial score (nSPS) is 13.9. The van der Waals surface area contributed by atoms with Crippen molar-refractivity contribution in [1.82, 2.24) is 14.5 Å². The number of nitrogens with zero attached hydrogens (tertiary/aromatic N) is 3. The number of ketones is 1. The van der Waals surface area contributed by atoms with Gasteiger partial charge in [-0.2, -0.15) is 0 Å². The molecular formula is C26H21N3O4. The Morgan fingerprint density at radius 2 is 1.88 bits per heavy atom. The van der Waals surface area contributed by atoms with E-state index in [0.717, 1.165) is 27.7 Å². The van der Waals surface area contributed by atoms with Crippen LogP contribution in [-0.2, 0) is 7.05 Å². The van der Waals surface area contributed by atoms with Crippen LogP contribution in [0.4, 0.5) is 0 Å². The fourth-order valence-electron chi connectivity index (χ4n) is 4.09. The Balaban J connectivity index is 1.62. The van der Waals surface area contributed by atoms with Gasteiger partial charge in [0.15, 0.2) is 5.76 Å². The van der Waals surface area contributed by atoms with Crippen molar-refractivity contribution < 1.29 is 19.4 Å². The van der Waals surface area contributed by atoms with Gasteiger partial charge in [-0.3, -0.25) is 9.59 Å². The summed E-state index contributed by atoms with van der Waals surface area (Å²) in [6.45, 7) is 0. The third kappa shape index (κ3) is 3.34. The molecule has 0 atom stereocenters. The number of aromatic hydroxyl groups is 1. The van der Waals surface area contributed by atoms with Crippen LogP contribution >= 0.6 is 0 Å². The van der Waals surface area contributed by atoms with Crippen molar-refractivity contribution >= 4 is 28.8 Å². The molecule has 1 aliphatic rings. The summed E-state index contributed by atoms with van der Waals surface area (Å²) in [7, 11) is 5.32. The van der Waals surface area contributed by atoms with E-state index in [2.05, 4.69) is 4.98 Å². The number of fused-ring (bicyclic) bond motifs is 2. The highest BCUT2D eigenvalue weighted by Gasteiger charge is 2.30. The first-order valence-electron chi connectivity index (χ1n) is 10.4. The van der Waals surface area contributed by atoms with Crippen LogP contribution in [0.1, 0.15) is 26.3 Å². The lowest BCUT2D eigenvalue weighted by atomic mass is 9.99. The number of Topliss-reactive ketones (excluding diaryl/α,β-unsaturated/α-hetero) is 1. The second kappa shape index (κ2) is 7.63. The third-order valence-corrected chi connectivity index (χ3v) is 5.70. The zero-order valence-corrected chi connectivity index (χ0v) is 18.4. The number of benzene rings is 2. The summed E-state index contributed by atoms with van der Waals surface area (Å²) in [6.07, 6.45) is 5.30. The molecule has 0 spiro atoms. The van der Waals surface area contributed by atoms with E-state index in [1.807, 2.05) is 36.0 Å². The van der Waals surface area contributed by atoms with Gasteiger partial charge in [0.25, 0.3) is 5.91 Å². The fraction of sp³-hybridized carbons (Fsp3) is 0.115. The predicted octanol–water partition coefficient (Wildman–Crippen LogP) is 4.26. The van der Waals surface area contributed by atoms with E-state index < -0.39 is 0 Å². The minimum Gasteiger partial charge on any atom is -0.507 e. The zero-order chi connectivity index (χ0) is 23.3. The van der Waals surface area contributed by atoms with Crippen LogP contribution in [0.15, 0.2) is 66.7 Å². The number of rotatable bonds is 3. The maximum absolute atomic E-state index is 12.9. The summed E-state index contributed by atoms with van der Waals surface area (Å²) in [4.78, 5) is 31.2. The number of ether oxygens (including phenoxy) is 1. The quantitative estimate of drug-likeness (QED) is 0.482. The van der Waals surface area contributed by atoms with Gasteiger partial charge in [-0.15, -0.1) is 0 Å². The smallest absolute Gasteiger partial charge is 0.253 e. The van der Waals surface area contributed by atoms with Crippen LogP contribution in [0, 0.1) is 0 Å². The average Bonchev–Trinajstić information content (AvgIpc) is 3.30. The van der Waals surface area contributed by atoms with Gasteiger partial charge in [-0.1, -0.05) is 18.2 Å². The Morgan fingerprint density at radius 3 is 2.58 bits per heavy atom. The number of pyridine rings is 1. The number of carbonyl (C=O) groups is 2. The van der Waals surface area contributed by atoms with Crippen molar-refractivity contribution in [2.75, 3.05) is 14.1 Å². The standard InChI is InChI=1S/C26H21N3O4/c1-28(2)26(32)16-9-7-15(8-10-16)18-11-12-27-25-22(18)17(14-29(25)3)13-21-24(31)23-19(30)5-4-6-20(23)33-21/h4-14,30H,1-3H3/b21-13-. The van der Waals surface area contributed by atoms with Crippen molar-refractivity contribution in [2.24, 2.45) is 7.05 Å². The van der Waals surface area contributed by atoms with Crippen molar-refractivity contribution in [1.29, 1.82) is 0 Å². The van der Waals surface area contributed by atoms with Crippen LogP contribution in [0.25, 0.3) is 28.2 Å². The highest BCUT2D eigenvalue weighted by Crippen LogP contribution is 2.39. The van der Waals surface area contributed by atoms with Crippen LogP contribution < -0.4 is 4.74 Å². The number of phenolic OH excluding ortho intramolecular Hbond substituents is 1. The second-order valence-electron chi connectivity index (χ2n) is 8.12. The van der Waals surface area contributed by atoms with E-state index in [1.54, 1.807) is 50.6 Å². The first-order chi connectivity index (χ1) is 15.8. The molecule has 1 aliphatic heterocycles. The number of hydrogen-bond donors (Lipinski definition) is 1. The molecule has 0 saturated carbocycles. The van der Waals surface area contributed by atoms with E-state index in [4.69, 9.17) is 4.74 Å². The predicted molar refractivity (Wildman–Crippen MR) is 125 cm³/mol. The largest absolute Gasteiger partial charge is 0.507 e. The Kier molecular flexibility index (Phi) is 4.74. The summed E-state index contributed by atoms with van der Waals surface area (Å²) < 4.78 is 7.64. The van der Waals surface area contributed by atoms with Gasteiger partial charge >= 0.3 is 0 Å². The number of allylic oxidation sites excluding steroid dienone is 1. The van der Waals surface area contributed by atoms with Gasteiger partial charge in [-0.05, 0) is 47.5 Å². The lowest BCUT2D eigenvalue weighted by molar-refractivity contribution is 0.0827. The molecule has 2 aromatic carbocycles. The highest BCUT2D eigenvalue weighted by molar-refractivity contribution is 6.17. The summed E-state index contributed by atoms with van der Waals surface area (Å²) in [5, 5.41) is 10.9. The first kappa shape index (κ1) is 20.5. The van der Waals surface area contributed by atoms with Gasteiger partial charge in [0.05, 0.1) is 0 Å². The molecule has 3 heterocycles. The number of aromatic nitrogens is 2. The first-order valence-corrected chi connectivity index (χ1v) is 10.4. The van der Waals surface area contributed by atoms with E-state index in [-0.39, 0.29) is 28.8 Å². The van der Waals surface area contributed by atoms with Crippen molar-refractivity contribution in [3.8, 4) is 22.6 Å². The number of hydrogen-bond acceptors (Lipinski definition) is 5. The molecule has 0 radical (unpaired) electrons. The summed E-state index contributed by atoms with van der Waals surface area (Å²) in [5.41, 5.74) is 4.12. The molecule has 0 bridgehead atoms. The van der Waals surface area contributed by atoms with E-state index in [1.165, 1.54) is 11.0 Å². The Bertz CT molecular complexity index is 1460. The lowest BCUT2D eigenvalue weighted by Gasteiger charge is -2.11. The monoisotopic (exact) mass is 439 g/mol. The molecule has 1 N–H and O–H groups in total. The Labute approximate surface area is 190 Å². The topological polar surface area (TPSA) is 84.7 Å². The van der Waals surface area contributed by atoms with E-state index >= 15 is 0 Å². The van der Waals surface area contributed by atoms with Crippen LogP contribution in [0.5, 0.6) is 11.5 Å². The molecular weight excluding hydrogens is 418 g/mol. The number of aryl methyl sites for hydroxylation is 1. The molecule has 7 nitrogen and oxygen atoms in total. The Hall–Kier alpha value is -4.39. The average molecular weight is 439 g/mol. The zero-order valence-electron chi connectivity index (χ0n) is 18.4. The maximum atomic E-state index is 12.9. The summed E-state index contributed by atoms with van der Waals surface area (Å²) in [6, 6.07) is 14.1. The summed E-state index contributed by atoms with van der Waals surface area (Å²) >= 11 is 0. The fourth-order valence-corrected chi connectivity index (χ4v) is 4.09. The van der Waals surface area contributed by atoms with Gasteiger partial charge < -0.3 is 19.3 Å². The van der Waals surface area contributed by atoms with E-state index in [9.17, 15) is 14.7 Å². The van der Waals surface area contributed by atoms with Crippen LogP contribution in [0.3, 0.4) is 0 Å². The van der Waals surface area contributed by atoms with Gasteiger partial charge in [0.2, 0.25) is 5.78 Å². The minimum absolute atomic E-state index is 0.0636. The molecule has 1 amide bonds. The molecule has 2 aromatic heterocycles. The van der Waals surface area contributed by atoms with Crippen molar-refractivity contribution in [2.45, 2.75) is 0 Å². The van der Waals surface area contributed by atoms with Crippen LogP contribution in [0.2, 0.25) is 0 Å². The third-order valence-electron chi connectivity index (χ3n) is 5.70. The molecule has 0 saturated heterocycles. The summed E-state index contributed by atoms with van der Waals surface area (Å²) in [5.74, 6) is -0.0522. The van der Waals surface area contributed by atoms with Gasteiger partial charge in [0, 0.05) is 50.0 Å². The molecule has 0 aliphatic carbocycles. The number of amides is 1. The Morgan fingerprint density at radius 1 is 1.12 bits per heavy atom. The number of carbonyl (C=O) groups excluding carboxylic acids is 2. The molecule has 33 heavy (non-hydrogen) atoms. The minimum atomic E-state index is -0.364. The van der Waals surface area contributed by atoms with Crippen molar-refractivity contribution in [3.63, 3.8) is 0 Å². The molecule has 0 unspecified atom stereocenters. The number of phenols is 1. The molecule has 7 heteroatoms. The van der Waals surface area contributed by atoms with Gasteiger partial charge in [-0.25, -0.2) is 4.98 Å². The molecule has 4 aromatic rings. The molecule has 164 valence electrons. The molecule has 5 rings (SSSR count). The maximum Gasteiger partial charge on any atom is 0.253 e. The SMILES string of the molecule is CN(C)C(=O)c1ccc(-c2ccnc3c2c(/C=C2\Oc4cccc(O)c4C2=O)cn3C)cc1. The molecule has 0 fully saturated rings. The second-order valence-corrected chi connectivity index (χ2v) is 8.12. The van der Waals surface area contributed by atoms with Gasteiger partial charge in [0.1, 0.15) is 22.7 Å². The van der Waals surface area contributed by atoms with E-state index in [0.29, 0.717) is 11.3 Å². The van der Waals surface area contributed by atoms with Crippen molar-refractivity contribution in [3.05, 3.63) is 83.4 Å². The highest BCUT2D eigenvalue weighted by atomic mass is 16.5. The lowest BCUT2D eigenvalue weighted by Crippen LogP contribution is -2.21. The van der Waals surface area contributed by atoms with Crippen LogP contribution in [-0.4, -0.2) is 45.3 Å².